The second-order valence-electron chi connectivity index (χ2n) is 6.79. The van der Waals surface area contributed by atoms with Gasteiger partial charge in [0.1, 0.15) is 16.1 Å². The molecule has 4 rings (SSSR count). The van der Waals surface area contributed by atoms with Crippen LogP contribution in [0, 0.1) is 6.92 Å². The summed E-state index contributed by atoms with van der Waals surface area (Å²) in [6.07, 6.45) is 0.658. The molecule has 0 bridgehead atoms. The molecule has 0 radical (unpaired) electrons. The van der Waals surface area contributed by atoms with Gasteiger partial charge >= 0.3 is 0 Å². The highest BCUT2D eigenvalue weighted by Gasteiger charge is 2.15. The molecule has 0 saturated carbocycles. The summed E-state index contributed by atoms with van der Waals surface area (Å²) in [6, 6.07) is 15.9. The first kappa shape index (κ1) is 20.2. The number of halogens is 1. The number of fused-ring (bicyclic) bond motifs is 1. The first-order chi connectivity index (χ1) is 14.6. The summed E-state index contributed by atoms with van der Waals surface area (Å²) in [5.41, 5.74) is 3.73. The molecule has 0 aliphatic heterocycles. The monoisotopic (exact) mass is 467 g/mol. The fourth-order valence-electron chi connectivity index (χ4n) is 3.21. The van der Waals surface area contributed by atoms with Crippen molar-refractivity contribution in [3.63, 3.8) is 0 Å². The van der Waals surface area contributed by atoms with Crippen molar-refractivity contribution < 1.29 is 9.47 Å². The van der Waals surface area contributed by atoms with Crippen LogP contribution in [0.25, 0.3) is 5.65 Å². The van der Waals surface area contributed by atoms with E-state index in [0.717, 1.165) is 38.7 Å². The maximum absolute atomic E-state index is 5.49. The zero-order valence-corrected chi connectivity index (χ0v) is 18.6. The largest absolute Gasteiger partial charge is 0.497 e. The van der Waals surface area contributed by atoms with Crippen molar-refractivity contribution in [3.8, 4) is 11.5 Å². The average Bonchev–Trinajstić information content (AvgIpc) is 3.20. The zero-order chi connectivity index (χ0) is 21.1. The lowest BCUT2D eigenvalue weighted by atomic mass is 10.1. The Morgan fingerprint density at radius 1 is 1.03 bits per heavy atom. The van der Waals surface area contributed by atoms with Gasteiger partial charge in [0.05, 0.1) is 19.9 Å². The Kier molecular flexibility index (Phi) is 5.85. The van der Waals surface area contributed by atoms with Crippen molar-refractivity contribution in [2.45, 2.75) is 19.9 Å². The Balaban J connectivity index is 1.65. The lowest BCUT2D eigenvalue weighted by Crippen LogP contribution is -2.08. The number of nitrogens with one attached hydrogen (secondary N) is 1. The molecule has 0 unspecified atom stereocenters. The normalized spacial score (nSPS) is 10.9. The number of hydrogen-bond acceptors (Lipinski definition) is 6. The highest BCUT2D eigenvalue weighted by atomic mass is 79.9. The van der Waals surface area contributed by atoms with Crippen LogP contribution in [-0.4, -0.2) is 33.8 Å². The van der Waals surface area contributed by atoms with Gasteiger partial charge in [-0.05, 0) is 40.5 Å². The average molecular weight is 468 g/mol. The lowest BCUT2D eigenvalue weighted by Gasteiger charge is -2.12. The van der Waals surface area contributed by atoms with Gasteiger partial charge in [0.2, 0.25) is 0 Å². The summed E-state index contributed by atoms with van der Waals surface area (Å²) < 4.78 is 13.3. The first-order valence-corrected chi connectivity index (χ1v) is 10.3. The number of methoxy groups -OCH3 is 2. The summed E-state index contributed by atoms with van der Waals surface area (Å²) in [4.78, 5) is 9.39. The minimum Gasteiger partial charge on any atom is -0.497 e. The lowest BCUT2D eigenvalue weighted by molar-refractivity contribution is 0.391. The van der Waals surface area contributed by atoms with Gasteiger partial charge in [-0.1, -0.05) is 30.3 Å². The van der Waals surface area contributed by atoms with Crippen molar-refractivity contribution in [1.82, 2.24) is 19.6 Å². The predicted molar refractivity (Wildman–Crippen MR) is 119 cm³/mol. The first-order valence-electron chi connectivity index (χ1n) is 9.49. The second kappa shape index (κ2) is 8.71. The van der Waals surface area contributed by atoms with Crippen LogP contribution < -0.4 is 14.8 Å². The van der Waals surface area contributed by atoms with Gasteiger partial charge in [-0.2, -0.15) is 5.10 Å². The molecule has 0 aliphatic carbocycles. The van der Waals surface area contributed by atoms with E-state index in [4.69, 9.17) is 19.6 Å². The molecular weight excluding hydrogens is 446 g/mol. The fourth-order valence-corrected chi connectivity index (χ4v) is 3.55. The third-order valence-electron chi connectivity index (χ3n) is 4.83. The molecule has 0 saturated heterocycles. The number of aryl methyl sites for hydroxylation is 1. The fraction of sp³-hybridized carbons (Fsp3) is 0.227. The summed E-state index contributed by atoms with van der Waals surface area (Å²) in [6.45, 7) is 2.48. The molecule has 2 aromatic heterocycles. The molecular formula is C22H22BrN5O2. The van der Waals surface area contributed by atoms with Gasteiger partial charge in [-0.3, -0.25) is 0 Å². The van der Waals surface area contributed by atoms with E-state index in [2.05, 4.69) is 38.4 Å². The Morgan fingerprint density at radius 3 is 2.57 bits per heavy atom. The van der Waals surface area contributed by atoms with E-state index in [1.165, 1.54) is 0 Å². The summed E-state index contributed by atoms with van der Waals surface area (Å²) in [7, 11) is 3.28. The number of ether oxygens (including phenoxy) is 2. The maximum Gasteiger partial charge on any atom is 0.198 e. The molecule has 4 aromatic rings. The maximum atomic E-state index is 5.49. The molecule has 2 aromatic carbocycles. The molecule has 0 fully saturated rings. The Hall–Kier alpha value is -3.13. The van der Waals surface area contributed by atoms with Crippen LogP contribution in [0.5, 0.6) is 11.5 Å². The Morgan fingerprint density at radius 2 is 1.83 bits per heavy atom. The molecule has 0 spiro atoms. The molecule has 30 heavy (non-hydrogen) atoms. The van der Waals surface area contributed by atoms with Crippen LogP contribution in [0.4, 0.5) is 5.82 Å². The van der Waals surface area contributed by atoms with Gasteiger partial charge in [-0.15, -0.1) is 0 Å². The molecule has 0 aliphatic rings. The zero-order valence-electron chi connectivity index (χ0n) is 17.0. The van der Waals surface area contributed by atoms with Gasteiger partial charge in [0, 0.05) is 24.6 Å². The van der Waals surface area contributed by atoms with E-state index in [-0.39, 0.29) is 0 Å². The summed E-state index contributed by atoms with van der Waals surface area (Å²) in [5, 5.41) is 8.07. The number of hydrogen-bond donors (Lipinski definition) is 1. The molecule has 0 amide bonds. The van der Waals surface area contributed by atoms with Crippen molar-refractivity contribution in [2.24, 2.45) is 0 Å². The third kappa shape index (κ3) is 4.09. The van der Waals surface area contributed by atoms with E-state index in [1.54, 1.807) is 14.2 Å². The van der Waals surface area contributed by atoms with Gasteiger partial charge in [0.25, 0.3) is 0 Å². The Labute approximate surface area is 183 Å². The van der Waals surface area contributed by atoms with Crippen LogP contribution in [0.2, 0.25) is 0 Å². The van der Waals surface area contributed by atoms with Crippen molar-refractivity contribution >= 4 is 27.4 Å². The molecule has 7 nitrogen and oxygen atoms in total. The quantitative estimate of drug-likeness (QED) is 0.433. The topological polar surface area (TPSA) is 73.6 Å². The van der Waals surface area contributed by atoms with Gasteiger partial charge in [-0.25, -0.2) is 14.5 Å². The molecule has 0 atom stereocenters. The highest BCUT2D eigenvalue weighted by Crippen LogP contribution is 2.27. The highest BCUT2D eigenvalue weighted by molar-refractivity contribution is 9.10. The molecule has 8 heteroatoms. The number of nitrogens with zero attached hydrogens (tertiary/aromatic N) is 4. The molecule has 2 heterocycles. The minimum atomic E-state index is 0.520. The number of benzene rings is 2. The summed E-state index contributed by atoms with van der Waals surface area (Å²) in [5.74, 6) is 2.89. The van der Waals surface area contributed by atoms with Crippen molar-refractivity contribution in [1.29, 1.82) is 0 Å². The Bertz CT molecular complexity index is 1180. The second-order valence-corrected chi connectivity index (χ2v) is 7.54. The smallest absolute Gasteiger partial charge is 0.198 e. The van der Waals surface area contributed by atoms with Crippen LogP contribution in [0.1, 0.15) is 22.6 Å². The minimum absolute atomic E-state index is 0.520. The van der Waals surface area contributed by atoms with Gasteiger partial charge < -0.3 is 14.8 Å². The van der Waals surface area contributed by atoms with E-state index in [9.17, 15) is 0 Å². The summed E-state index contributed by atoms with van der Waals surface area (Å²) >= 11 is 3.54. The van der Waals surface area contributed by atoms with E-state index in [0.29, 0.717) is 24.4 Å². The third-order valence-corrected chi connectivity index (χ3v) is 5.59. The standard InChI is InChI=1S/C22H22BrN5O2/c1-14-20(23)26-21(24-13-16-9-10-17(29-2)12-18(16)30-3)22-25-19(27-28(14)22)11-15-7-5-4-6-8-15/h4-10,12H,11,13H2,1-3H3,(H,24,26). The SMILES string of the molecule is COc1ccc(CNc2nc(Br)c(C)n3nc(Cc4ccccc4)nc23)c(OC)c1. The van der Waals surface area contributed by atoms with Crippen LogP contribution in [-0.2, 0) is 13.0 Å². The van der Waals surface area contributed by atoms with E-state index >= 15 is 0 Å². The number of rotatable bonds is 7. The van der Waals surface area contributed by atoms with Gasteiger partial charge in [0.15, 0.2) is 17.3 Å². The van der Waals surface area contributed by atoms with Crippen molar-refractivity contribution in [3.05, 3.63) is 75.8 Å². The van der Waals surface area contributed by atoms with Crippen molar-refractivity contribution in [2.75, 3.05) is 19.5 Å². The number of aromatic nitrogens is 4. The predicted octanol–water partition coefficient (Wildman–Crippen LogP) is 4.42. The van der Waals surface area contributed by atoms with Crippen LogP contribution in [0.3, 0.4) is 0 Å². The van der Waals surface area contributed by atoms with Crippen LogP contribution >= 0.6 is 15.9 Å². The molecule has 154 valence electrons. The number of anilines is 1. The molecule has 1 N–H and O–H groups in total. The van der Waals surface area contributed by atoms with E-state index < -0.39 is 0 Å². The van der Waals surface area contributed by atoms with E-state index in [1.807, 2.05) is 47.8 Å². The van der Waals surface area contributed by atoms with Crippen LogP contribution in [0.15, 0.2) is 53.1 Å².